The largest absolute Gasteiger partial charge is 0.362 e. The van der Waals surface area contributed by atoms with Gasteiger partial charge in [-0.2, -0.15) is 5.06 Å². The summed E-state index contributed by atoms with van der Waals surface area (Å²) in [6.45, 7) is 0.176. The van der Waals surface area contributed by atoms with Crippen LogP contribution < -0.4 is 9.96 Å². The molecular formula is C8H9N3O2. The lowest BCUT2D eigenvalue weighted by atomic mass is 10.3. The minimum atomic E-state index is -0.367. The van der Waals surface area contributed by atoms with Crippen molar-refractivity contribution in [3.05, 3.63) is 18.3 Å². The van der Waals surface area contributed by atoms with Crippen LogP contribution in [-0.4, -0.2) is 29.7 Å². The second-order valence-electron chi connectivity index (χ2n) is 2.91. The number of likely N-dealkylation sites (N-methyl/N-ethyl adjacent to an activating group) is 1. The number of anilines is 2. The van der Waals surface area contributed by atoms with E-state index in [1.54, 1.807) is 24.1 Å². The van der Waals surface area contributed by atoms with Crippen molar-refractivity contribution in [2.45, 2.75) is 0 Å². The van der Waals surface area contributed by atoms with E-state index >= 15 is 0 Å². The summed E-state index contributed by atoms with van der Waals surface area (Å²) < 4.78 is 0. The first kappa shape index (κ1) is 8.00. The van der Waals surface area contributed by atoms with Gasteiger partial charge in [0.1, 0.15) is 0 Å². The summed E-state index contributed by atoms with van der Waals surface area (Å²) in [7, 11) is 1.78. The maximum atomic E-state index is 11.2. The van der Waals surface area contributed by atoms with Gasteiger partial charge < -0.3 is 4.90 Å². The van der Waals surface area contributed by atoms with Gasteiger partial charge in [-0.15, -0.1) is 0 Å². The molecule has 5 nitrogen and oxygen atoms in total. The first-order chi connectivity index (χ1) is 6.20. The zero-order valence-corrected chi connectivity index (χ0v) is 7.14. The number of carbonyl (C=O) groups is 1. The fraction of sp³-hybridized carbons (Fsp3) is 0.250. The van der Waals surface area contributed by atoms with Gasteiger partial charge >= 0.3 is 0 Å². The van der Waals surface area contributed by atoms with Crippen molar-refractivity contribution in [2.75, 3.05) is 23.6 Å². The van der Waals surface area contributed by atoms with E-state index in [4.69, 9.17) is 0 Å². The third kappa shape index (κ3) is 1.13. The molecule has 1 N–H and O–H groups in total. The molecule has 0 unspecified atom stereocenters. The summed E-state index contributed by atoms with van der Waals surface area (Å²) in [6, 6.07) is 3.57. The van der Waals surface area contributed by atoms with Crippen molar-refractivity contribution in [2.24, 2.45) is 0 Å². The minimum Gasteiger partial charge on any atom is -0.362 e. The Hall–Kier alpha value is -1.62. The Kier molecular flexibility index (Phi) is 1.66. The van der Waals surface area contributed by atoms with E-state index in [-0.39, 0.29) is 12.5 Å². The number of hydroxylamine groups is 1. The van der Waals surface area contributed by atoms with Gasteiger partial charge in [0.2, 0.25) is 0 Å². The molecule has 0 saturated carbocycles. The van der Waals surface area contributed by atoms with Gasteiger partial charge in [0.25, 0.3) is 5.91 Å². The van der Waals surface area contributed by atoms with Crippen LogP contribution >= 0.6 is 0 Å². The lowest BCUT2D eigenvalue weighted by Crippen LogP contribution is -2.42. The van der Waals surface area contributed by atoms with E-state index in [1.165, 1.54) is 6.20 Å². The van der Waals surface area contributed by atoms with Crippen molar-refractivity contribution >= 4 is 17.4 Å². The molecule has 13 heavy (non-hydrogen) atoms. The van der Waals surface area contributed by atoms with Crippen LogP contribution in [0.1, 0.15) is 0 Å². The smallest absolute Gasteiger partial charge is 0.271 e. The highest BCUT2D eigenvalue weighted by atomic mass is 16.5. The van der Waals surface area contributed by atoms with E-state index in [9.17, 15) is 10.0 Å². The van der Waals surface area contributed by atoms with E-state index in [1.807, 2.05) is 0 Å². The Bertz CT molecular complexity index is 353. The Labute approximate surface area is 75.2 Å². The zero-order chi connectivity index (χ0) is 9.42. The summed E-state index contributed by atoms with van der Waals surface area (Å²) in [6.07, 6.45) is 1.54. The lowest BCUT2D eigenvalue weighted by Gasteiger charge is -2.29. The van der Waals surface area contributed by atoms with Gasteiger partial charge in [0, 0.05) is 13.2 Å². The number of hydrogen-bond acceptors (Lipinski definition) is 4. The van der Waals surface area contributed by atoms with Crippen molar-refractivity contribution < 1.29 is 10.0 Å². The standard InChI is InChI=1S/C8H9N3O2/c1-10-5-7(12)11(13)8-6(10)3-2-4-9-8/h2-4,13H,5H2,1H3. The molecular weight excluding hydrogens is 170 g/mol. The van der Waals surface area contributed by atoms with Crippen molar-refractivity contribution in [3.63, 3.8) is 0 Å². The SMILES string of the molecule is CN1CC(=O)N(O)c2ncccc21. The maximum absolute atomic E-state index is 11.2. The number of carbonyl (C=O) groups excluding carboxylic acids is 1. The van der Waals surface area contributed by atoms with Crippen LogP contribution in [0.25, 0.3) is 0 Å². The average Bonchev–Trinajstić information content (AvgIpc) is 2.15. The first-order valence-corrected chi connectivity index (χ1v) is 3.88. The number of pyridine rings is 1. The normalized spacial score (nSPS) is 16.0. The highest BCUT2D eigenvalue weighted by Crippen LogP contribution is 2.28. The average molecular weight is 179 g/mol. The molecule has 1 aromatic rings. The molecule has 0 spiro atoms. The van der Waals surface area contributed by atoms with Gasteiger partial charge in [0.05, 0.1) is 12.2 Å². The fourth-order valence-corrected chi connectivity index (χ4v) is 1.32. The number of rotatable bonds is 0. The monoisotopic (exact) mass is 179 g/mol. The molecule has 0 atom stereocenters. The van der Waals surface area contributed by atoms with Crippen LogP contribution in [0.3, 0.4) is 0 Å². The molecule has 2 rings (SSSR count). The van der Waals surface area contributed by atoms with Crippen LogP contribution in [0.5, 0.6) is 0 Å². The van der Waals surface area contributed by atoms with Gasteiger partial charge in [-0.25, -0.2) is 4.98 Å². The van der Waals surface area contributed by atoms with E-state index < -0.39 is 0 Å². The fourth-order valence-electron chi connectivity index (χ4n) is 1.32. The molecule has 1 amide bonds. The van der Waals surface area contributed by atoms with Gasteiger partial charge in [-0.05, 0) is 12.1 Å². The summed E-state index contributed by atoms with van der Waals surface area (Å²) in [5.74, 6) is -0.0741. The molecule has 1 aliphatic rings. The van der Waals surface area contributed by atoms with Crippen molar-refractivity contribution in [1.82, 2.24) is 4.98 Å². The third-order valence-electron chi connectivity index (χ3n) is 1.99. The van der Waals surface area contributed by atoms with Crippen LogP contribution in [0.4, 0.5) is 11.5 Å². The van der Waals surface area contributed by atoms with E-state index in [0.717, 1.165) is 5.69 Å². The molecule has 1 aliphatic heterocycles. The van der Waals surface area contributed by atoms with Crippen LogP contribution in [0, 0.1) is 0 Å². The van der Waals surface area contributed by atoms with Gasteiger partial charge in [0.15, 0.2) is 5.82 Å². The Balaban J connectivity index is 2.53. The molecule has 0 fully saturated rings. The zero-order valence-electron chi connectivity index (χ0n) is 7.14. The number of fused-ring (bicyclic) bond motifs is 1. The van der Waals surface area contributed by atoms with Crippen LogP contribution in [-0.2, 0) is 4.79 Å². The van der Waals surface area contributed by atoms with Crippen molar-refractivity contribution in [1.29, 1.82) is 0 Å². The van der Waals surface area contributed by atoms with E-state index in [0.29, 0.717) is 10.9 Å². The number of aromatic nitrogens is 1. The van der Waals surface area contributed by atoms with Crippen LogP contribution in [0.2, 0.25) is 0 Å². The highest BCUT2D eigenvalue weighted by Gasteiger charge is 2.26. The molecule has 0 radical (unpaired) electrons. The van der Waals surface area contributed by atoms with Crippen LogP contribution in [0.15, 0.2) is 18.3 Å². The molecule has 0 saturated heterocycles. The molecule has 68 valence electrons. The quantitative estimate of drug-likeness (QED) is 0.580. The molecule has 2 heterocycles. The van der Waals surface area contributed by atoms with Gasteiger partial charge in [-0.1, -0.05) is 0 Å². The number of amides is 1. The summed E-state index contributed by atoms with van der Waals surface area (Å²) in [5, 5.41) is 9.93. The predicted molar refractivity (Wildman–Crippen MR) is 46.8 cm³/mol. The predicted octanol–water partition coefficient (Wildman–Crippen LogP) is 0.254. The Morgan fingerprint density at radius 2 is 2.38 bits per heavy atom. The Morgan fingerprint density at radius 3 is 3.15 bits per heavy atom. The number of nitrogens with zero attached hydrogens (tertiary/aromatic N) is 3. The third-order valence-corrected chi connectivity index (χ3v) is 1.99. The lowest BCUT2D eigenvalue weighted by molar-refractivity contribution is -0.122. The second kappa shape index (κ2) is 2.70. The summed E-state index contributed by atoms with van der Waals surface area (Å²) >= 11 is 0. The molecule has 5 heteroatoms. The second-order valence-corrected chi connectivity index (χ2v) is 2.91. The number of hydrogen-bond donors (Lipinski definition) is 1. The summed E-state index contributed by atoms with van der Waals surface area (Å²) in [4.78, 5) is 16.8. The highest BCUT2D eigenvalue weighted by molar-refractivity contribution is 5.99. The minimum absolute atomic E-state index is 0.176. The molecule has 0 bridgehead atoms. The Morgan fingerprint density at radius 1 is 1.62 bits per heavy atom. The topological polar surface area (TPSA) is 56.7 Å². The van der Waals surface area contributed by atoms with Gasteiger partial charge in [-0.3, -0.25) is 10.0 Å². The molecule has 0 aromatic carbocycles. The molecule has 1 aromatic heterocycles. The first-order valence-electron chi connectivity index (χ1n) is 3.88. The van der Waals surface area contributed by atoms with Crippen molar-refractivity contribution in [3.8, 4) is 0 Å². The van der Waals surface area contributed by atoms with E-state index in [2.05, 4.69) is 4.98 Å². The molecule has 0 aliphatic carbocycles. The maximum Gasteiger partial charge on any atom is 0.271 e. The summed E-state index contributed by atoms with van der Waals surface area (Å²) in [5.41, 5.74) is 0.754.